The van der Waals surface area contributed by atoms with Crippen LogP contribution in [0.3, 0.4) is 0 Å². The van der Waals surface area contributed by atoms with Crippen LogP contribution in [0.4, 0.5) is 0 Å². The van der Waals surface area contributed by atoms with E-state index in [-0.39, 0.29) is 24.1 Å². The van der Waals surface area contributed by atoms with E-state index >= 15 is 0 Å². The summed E-state index contributed by atoms with van der Waals surface area (Å²) in [5.74, 6) is -0.411. The lowest BCUT2D eigenvalue weighted by Gasteiger charge is -2.29. The first-order valence-corrected chi connectivity index (χ1v) is 9.06. The molecule has 0 spiro atoms. The Hall–Kier alpha value is -1.18. The molecule has 0 aliphatic rings. The number of rotatable bonds is 14. The first-order chi connectivity index (χ1) is 11.7. The minimum absolute atomic E-state index is 0.205. The minimum Gasteiger partial charge on any atom is -0.460 e. The van der Waals surface area contributed by atoms with Gasteiger partial charge in [0.25, 0.3) is 0 Å². The van der Waals surface area contributed by atoms with Crippen LogP contribution in [0.15, 0.2) is 0 Å². The van der Waals surface area contributed by atoms with Crippen molar-refractivity contribution in [2.45, 2.75) is 52.7 Å². The van der Waals surface area contributed by atoms with Gasteiger partial charge in [0, 0.05) is 12.8 Å². The highest BCUT2D eigenvalue weighted by Crippen LogP contribution is 2.01. The first-order valence-electron chi connectivity index (χ1n) is 9.06. The molecule has 0 saturated heterocycles. The van der Waals surface area contributed by atoms with Crippen LogP contribution >= 0.6 is 0 Å². The first kappa shape index (κ1) is 23.8. The molecule has 0 amide bonds. The molecular formula is C18H36NO6+. The molecule has 0 fully saturated rings. The number of hydrogen-bond acceptors (Lipinski definition) is 6. The summed E-state index contributed by atoms with van der Waals surface area (Å²) >= 11 is 0. The molecular weight excluding hydrogens is 326 g/mol. The zero-order valence-corrected chi connectivity index (χ0v) is 16.7. The van der Waals surface area contributed by atoms with E-state index in [1.807, 2.05) is 13.8 Å². The van der Waals surface area contributed by atoms with E-state index in [9.17, 15) is 9.59 Å². The largest absolute Gasteiger partial charge is 0.460 e. The van der Waals surface area contributed by atoms with Crippen LogP contribution in [0.5, 0.6) is 0 Å². The van der Waals surface area contributed by atoms with Crippen LogP contribution in [0, 0.1) is 0 Å². The van der Waals surface area contributed by atoms with Crippen molar-refractivity contribution in [2.24, 2.45) is 0 Å². The summed E-state index contributed by atoms with van der Waals surface area (Å²) in [5.41, 5.74) is 0. The maximum absolute atomic E-state index is 11.2. The Morgan fingerprint density at radius 1 is 0.800 bits per heavy atom. The second-order valence-corrected chi connectivity index (χ2v) is 6.84. The molecule has 2 atom stereocenters. The van der Waals surface area contributed by atoms with Crippen LogP contribution in [-0.4, -0.2) is 82.2 Å². The van der Waals surface area contributed by atoms with Gasteiger partial charge in [-0.25, -0.2) is 0 Å². The number of ether oxygens (including phenoxy) is 4. The van der Waals surface area contributed by atoms with Gasteiger partial charge in [-0.2, -0.15) is 0 Å². The highest BCUT2D eigenvalue weighted by atomic mass is 16.6. The Morgan fingerprint density at radius 3 is 1.48 bits per heavy atom. The van der Waals surface area contributed by atoms with Crippen LogP contribution in [0.1, 0.15) is 40.5 Å². The topological polar surface area (TPSA) is 71.1 Å². The third-order valence-corrected chi connectivity index (χ3v) is 3.63. The molecule has 0 aromatic rings. The molecule has 0 rings (SSSR count). The molecule has 0 saturated carbocycles. The van der Waals surface area contributed by atoms with Gasteiger partial charge in [-0.3, -0.25) is 9.59 Å². The van der Waals surface area contributed by atoms with Gasteiger partial charge in [0.15, 0.2) is 0 Å². The molecule has 0 aromatic carbocycles. The maximum Gasteiger partial charge on any atom is 0.305 e. The van der Waals surface area contributed by atoms with E-state index in [0.29, 0.717) is 39.3 Å². The van der Waals surface area contributed by atoms with Gasteiger partial charge in [-0.15, -0.1) is 0 Å². The standard InChI is InChI=1S/C18H36NO6/c1-7-17(20)24-15(3)13-22-11-9-19(5,6)10-12-23-14-16(4)25-18(21)8-2/h15-16H,7-14H2,1-6H3/q+1. The lowest BCUT2D eigenvalue weighted by atomic mass is 10.4. The number of quaternary nitrogens is 1. The van der Waals surface area contributed by atoms with E-state index < -0.39 is 0 Å². The lowest BCUT2D eigenvalue weighted by molar-refractivity contribution is -0.891. The van der Waals surface area contributed by atoms with Crippen LogP contribution < -0.4 is 0 Å². The summed E-state index contributed by atoms with van der Waals surface area (Å²) < 4.78 is 22.2. The summed E-state index contributed by atoms with van der Waals surface area (Å²) in [4.78, 5) is 22.3. The second-order valence-electron chi connectivity index (χ2n) is 6.84. The number of carbonyl (C=O) groups excluding carboxylic acids is 2. The molecule has 0 aliphatic heterocycles. The highest BCUT2D eigenvalue weighted by molar-refractivity contribution is 5.69. The second kappa shape index (κ2) is 13.1. The van der Waals surface area contributed by atoms with Crippen molar-refractivity contribution in [2.75, 3.05) is 53.6 Å². The van der Waals surface area contributed by atoms with Gasteiger partial charge in [-0.05, 0) is 13.8 Å². The average molecular weight is 362 g/mol. The zero-order chi connectivity index (χ0) is 19.3. The summed E-state index contributed by atoms with van der Waals surface area (Å²) in [6.45, 7) is 10.8. The molecule has 25 heavy (non-hydrogen) atoms. The predicted molar refractivity (Wildman–Crippen MR) is 95.2 cm³/mol. The summed E-state index contributed by atoms with van der Waals surface area (Å²) in [7, 11) is 4.21. The number of likely N-dealkylation sites (N-methyl/N-ethyl adjacent to an activating group) is 1. The van der Waals surface area contributed by atoms with Gasteiger partial charge < -0.3 is 23.4 Å². The Bertz CT molecular complexity index is 352. The molecule has 7 heteroatoms. The Labute approximate surface area is 152 Å². The molecule has 0 aliphatic carbocycles. The van der Waals surface area contributed by atoms with Gasteiger partial charge >= 0.3 is 11.9 Å². The highest BCUT2D eigenvalue weighted by Gasteiger charge is 2.16. The Morgan fingerprint density at radius 2 is 1.16 bits per heavy atom. The van der Waals surface area contributed by atoms with Crippen molar-refractivity contribution in [1.82, 2.24) is 0 Å². The fourth-order valence-electron chi connectivity index (χ4n) is 1.92. The Balaban J connectivity index is 3.77. The van der Waals surface area contributed by atoms with Crippen molar-refractivity contribution in [3.05, 3.63) is 0 Å². The van der Waals surface area contributed by atoms with Crippen molar-refractivity contribution in [3.63, 3.8) is 0 Å². The van der Waals surface area contributed by atoms with E-state index in [0.717, 1.165) is 17.6 Å². The smallest absolute Gasteiger partial charge is 0.305 e. The van der Waals surface area contributed by atoms with E-state index in [1.54, 1.807) is 13.8 Å². The predicted octanol–water partition coefficient (Wildman–Crippen LogP) is 1.78. The van der Waals surface area contributed by atoms with E-state index in [2.05, 4.69) is 14.1 Å². The minimum atomic E-state index is -0.223. The van der Waals surface area contributed by atoms with E-state index in [4.69, 9.17) is 18.9 Å². The van der Waals surface area contributed by atoms with Crippen LogP contribution in [-0.2, 0) is 28.5 Å². The maximum atomic E-state index is 11.2. The fourth-order valence-corrected chi connectivity index (χ4v) is 1.92. The van der Waals surface area contributed by atoms with Crippen molar-refractivity contribution >= 4 is 11.9 Å². The molecule has 0 N–H and O–H groups in total. The fraction of sp³-hybridized carbons (Fsp3) is 0.889. The van der Waals surface area contributed by atoms with Gasteiger partial charge in [0.2, 0.25) is 0 Å². The quantitative estimate of drug-likeness (QED) is 0.266. The van der Waals surface area contributed by atoms with Crippen LogP contribution in [0.25, 0.3) is 0 Å². The molecule has 2 unspecified atom stereocenters. The van der Waals surface area contributed by atoms with Crippen molar-refractivity contribution < 1.29 is 33.0 Å². The monoisotopic (exact) mass is 362 g/mol. The molecule has 0 aromatic heterocycles. The number of hydrogen-bond donors (Lipinski definition) is 0. The number of esters is 2. The number of nitrogens with zero attached hydrogens (tertiary/aromatic N) is 1. The van der Waals surface area contributed by atoms with Gasteiger partial charge in [0.05, 0.1) is 40.5 Å². The van der Waals surface area contributed by atoms with Gasteiger partial charge in [-0.1, -0.05) is 13.8 Å². The normalized spacial score (nSPS) is 14.0. The Kier molecular flexibility index (Phi) is 12.5. The SMILES string of the molecule is CCC(=O)OC(C)COCC[N+](C)(C)CCOCC(C)OC(=O)CC. The lowest BCUT2D eigenvalue weighted by Crippen LogP contribution is -2.45. The average Bonchev–Trinajstić information content (AvgIpc) is 2.55. The molecule has 0 bridgehead atoms. The van der Waals surface area contributed by atoms with Crippen LogP contribution in [0.2, 0.25) is 0 Å². The summed E-state index contributed by atoms with van der Waals surface area (Å²) in [6.07, 6.45) is 0.312. The summed E-state index contributed by atoms with van der Waals surface area (Å²) in [5, 5.41) is 0. The van der Waals surface area contributed by atoms with E-state index in [1.165, 1.54) is 0 Å². The zero-order valence-electron chi connectivity index (χ0n) is 16.7. The van der Waals surface area contributed by atoms with Crippen molar-refractivity contribution in [1.29, 1.82) is 0 Å². The molecule has 148 valence electrons. The van der Waals surface area contributed by atoms with Crippen molar-refractivity contribution in [3.8, 4) is 0 Å². The summed E-state index contributed by atoms with van der Waals surface area (Å²) in [6, 6.07) is 0. The number of carbonyl (C=O) groups is 2. The van der Waals surface area contributed by atoms with Gasteiger partial charge in [0.1, 0.15) is 25.3 Å². The molecule has 7 nitrogen and oxygen atoms in total. The third-order valence-electron chi connectivity index (χ3n) is 3.63. The molecule has 0 heterocycles. The third kappa shape index (κ3) is 13.8. The molecule has 0 radical (unpaired) electrons.